The molecule has 0 aliphatic rings. The fraction of sp³-hybridized carbons (Fsp3) is 0.154. The van der Waals surface area contributed by atoms with Gasteiger partial charge in [-0.25, -0.2) is 0 Å². The molecular weight excluding hydrogens is 186 g/mol. The number of allylic oxidation sites excluding steroid dienone is 1. The molecule has 15 heavy (non-hydrogen) atoms. The van der Waals surface area contributed by atoms with Crippen molar-refractivity contribution in [1.82, 2.24) is 0 Å². The van der Waals surface area contributed by atoms with E-state index in [1.54, 1.807) is 6.08 Å². The summed E-state index contributed by atoms with van der Waals surface area (Å²) in [7, 11) is 0. The molecule has 0 aliphatic heterocycles. The van der Waals surface area contributed by atoms with E-state index in [1.807, 2.05) is 24.3 Å². The summed E-state index contributed by atoms with van der Waals surface area (Å²) in [5.74, 6) is -0.0680. The Morgan fingerprint density at radius 3 is 2.73 bits per heavy atom. The SMILES string of the molecule is C=CCc1c(C=C)cccc1NC(C)=O. The van der Waals surface area contributed by atoms with Gasteiger partial charge in [-0.2, -0.15) is 0 Å². The van der Waals surface area contributed by atoms with Crippen molar-refractivity contribution in [2.75, 3.05) is 5.32 Å². The number of benzene rings is 1. The number of nitrogens with one attached hydrogen (secondary N) is 1. The summed E-state index contributed by atoms with van der Waals surface area (Å²) in [5.41, 5.74) is 2.92. The van der Waals surface area contributed by atoms with Crippen LogP contribution in [-0.2, 0) is 11.2 Å². The van der Waals surface area contributed by atoms with Crippen LogP contribution in [0.2, 0.25) is 0 Å². The van der Waals surface area contributed by atoms with Gasteiger partial charge in [0.2, 0.25) is 5.91 Å². The molecule has 1 amide bonds. The summed E-state index contributed by atoms with van der Waals surface area (Å²) in [6, 6.07) is 5.75. The zero-order chi connectivity index (χ0) is 11.3. The predicted octanol–water partition coefficient (Wildman–Crippen LogP) is 3.02. The predicted molar refractivity (Wildman–Crippen MR) is 64.7 cm³/mol. The first kappa shape index (κ1) is 11.2. The van der Waals surface area contributed by atoms with Crippen LogP contribution in [0, 0.1) is 0 Å². The van der Waals surface area contributed by atoms with Gasteiger partial charge in [-0.1, -0.05) is 30.9 Å². The van der Waals surface area contributed by atoms with E-state index in [4.69, 9.17) is 0 Å². The topological polar surface area (TPSA) is 29.1 Å². The number of hydrogen-bond acceptors (Lipinski definition) is 1. The van der Waals surface area contributed by atoms with Gasteiger partial charge in [-0.15, -0.1) is 6.58 Å². The van der Waals surface area contributed by atoms with Crippen LogP contribution in [-0.4, -0.2) is 5.91 Å². The van der Waals surface area contributed by atoms with E-state index in [9.17, 15) is 4.79 Å². The highest BCUT2D eigenvalue weighted by atomic mass is 16.1. The molecule has 0 bridgehead atoms. The molecule has 0 unspecified atom stereocenters. The Morgan fingerprint density at radius 1 is 1.47 bits per heavy atom. The molecule has 1 rings (SSSR count). The lowest BCUT2D eigenvalue weighted by atomic mass is 10.0. The molecule has 1 aromatic rings. The van der Waals surface area contributed by atoms with Crippen molar-refractivity contribution in [2.45, 2.75) is 13.3 Å². The number of hydrogen-bond donors (Lipinski definition) is 1. The van der Waals surface area contributed by atoms with Gasteiger partial charge in [0, 0.05) is 12.6 Å². The Balaban J connectivity index is 3.17. The Bertz CT molecular complexity index is 394. The highest BCUT2D eigenvalue weighted by molar-refractivity contribution is 5.90. The summed E-state index contributed by atoms with van der Waals surface area (Å²) < 4.78 is 0. The standard InChI is InChI=1S/C13H15NO/c1-4-7-12-11(5-2)8-6-9-13(12)14-10(3)15/h4-6,8-9H,1-2,7H2,3H3,(H,14,15). The molecule has 1 N–H and O–H groups in total. The van der Waals surface area contributed by atoms with Crippen molar-refractivity contribution < 1.29 is 4.79 Å². The lowest BCUT2D eigenvalue weighted by Gasteiger charge is -2.11. The summed E-state index contributed by atoms with van der Waals surface area (Å²) in [6.07, 6.45) is 4.32. The maximum absolute atomic E-state index is 11.0. The van der Waals surface area contributed by atoms with Crippen LogP contribution in [0.5, 0.6) is 0 Å². The Hall–Kier alpha value is -1.83. The summed E-state index contributed by atoms with van der Waals surface area (Å²) >= 11 is 0. The number of carbonyl (C=O) groups excluding carboxylic acids is 1. The molecule has 2 heteroatoms. The molecule has 0 saturated heterocycles. The molecule has 78 valence electrons. The number of carbonyl (C=O) groups is 1. The molecular formula is C13H15NO. The van der Waals surface area contributed by atoms with Gasteiger partial charge < -0.3 is 5.32 Å². The van der Waals surface area contributed by atoms with Crippen LogP contribution in [0.15, 0.2) is 37.4 Å². The first-order valence-corrected chi connectivity index (χ1v) is 4.82. The first-order valence-electron chi connectivity index (χ1n) is 4.82. The van der Waals surface area contributed by atoms with Gasteiger partial charge >= 0.3 is 0 Å². The lowest BCUT2D eigenvalue weighted by Crippen LogP contribution is -2.08. The van der Waals surface area contributed by atoms with E-state index in [0.717, 1.165) is 23.2 Å². The van der Waals surface area contributed by atoms with Crippen LogP contribution < -0.4 is 5.32 Å². The van der Waals surface area contributed by atoms with Gasteiger partial charge in [0.15, 0.2) is 0 Å². The largest absolute Gasteiger partial charge is 0.326 e. The van der Waals surface area contributed by atoms with Crippen molar-refractivity contribution in [3.8, 4) is 0 Å². The van der Waals surface area contributed by atoms with Crippen LogP contribution >= 0.6 is 0 Å². The fourth-order valence-electron chi connectivity index (χ4n) is 1.47. The van der Waals surface area contributed by atoms with E-state index < -0.39 is 0 Å². The maximum Gasteiger partial charge on any atom is 0.221 e. The van der Waals surface area contributed by atoms with Crippen molar-refractivity contribution in [3.63, 3.8) is 0 Å². The fourth-order valence-corrected chi connectivity index (χ4v) is 1.47. The smallest absolute Gasteiger partial charge is 0.221 e. The molecule has 0 spiro atoms. The lowest BCUT2D eigenvalue weighted by molar-refractivity contribution is -0.114. The van der Waals surface area contributed by atoms with Gasteiger partial charge in [0.25, 0.3) is 0 Å². The monoisotopic (exact) mass is 201 g/mol. The van der Waals surface area contributed by atoms with Crippen molar-refractivity contribution in [2.24, 2.45) is 0 Å². The van der Waals surface area contributed by atoms with E-state index in [0.29, 0.717) is 0 Å². The van der Waals surface area contributed by atoms with E-state index in [-0.39, 0.29) is 5.91 Å². The highest BCUT2D eigenvalue weighted by Crippen LogP contribution is 2.21. The Morgan fingerprint density at radius 2 is 2.20 bits per heavy atom. The molecule has 1 aromatic carbocycles. The molecule has 0 heterocycles. The third kappa shape index (κ3) is 2.81. The molecule has 0 aliphatic carbocycles. The summed E-state index contributed by atoms with van der Waals surface area (Å²) in [5, 5.41) is 2.80. The molecule has 0 radical (unpaired) electrons. The van der Waals surface area contributed by atoms with E-state index in [1.165, 1.54) is 6.92 Å². The zero-order valence-electron chi connectivity index (χ0n) is 8.92. The maximum atomic E-state index is 11.0. The minimum Gasteiger partial charge on any atom is -0.326 e. The third-order valence-electron chi connectivity index (χ3n) is 2.09. The number of anilines is 1. The third-order valence-corrected chi connectivity index (χ3v) is 2.09. The van der Waals surface area contributed by atoms with Gasteiger partial charge in [-0.3, -0.25) is 4.79 Å². The molecule has 0 aromatic heterocycles. The quantitative estimate of drug-likeness (QED) is 0.745. The van der Waals surface area contributed by atoms with Crippen LogP contribution in [0.25, 0.3) is 6.08 Å². The second-order valence-electron chi connectivity index (χ2n) is 3.25. The zero-order valence-corrected chi connectivity index (χ0v) is 8.92. The van der Waals surface area contributed by atoms with Crippen molar-refractivity contribution in [1.29, 1.82) is 0 Å². The minimum atomic E-state index is -0.0680. The number of amides is 1. The summed E-state index contributed by atoms with van der Waals surface area (Å²) in [6.45, 7) is 8.95. The molecule has 0 atom stereocenters. The van der Waals surface area contributed by atoms with Gasteiger partial charge in [0.1, 0.15) is 0 Å². The van der Waals surface area contributed by atoms with Crippen LogP contribution in [0.3, 0.4) is 0 Å². The Kier molecular flexibility index (Phi) is 3.86. The minimum absolute atomic E-state index is 0.0680. The van der Waals surface area contributed by atoms with Crippen LogP contribution in [0.4, 0.5) is 5.69 Å². The molecule has 0 saturated carbocycles. The average Bonchev–Trinajstić information content (AvgIpc) is 2.20. The average molecular weight is 201 g/mol. The summed E-state index contributed by atoms with van der Waals surface area (Å²) in [4.78, 5) is 11.0. The van der Waals surface area contributed by atoms with Gasteiger partial charge in [0.05, 0.1) is 0 Å². The van der Waals surface area contributed by atoms with Crippen molar-refractivity contribution in [3.05, 3.63) is 48.6 Å². The highest BCUT2D eigenvalue weighted by Gasteiger charge is 2.05. The Labute approximate surface area is 90.3 Å². The second-order valence-corrected chi connectivity index (χ2v) is 3.25. The first-order chi connectivity index (χ1) is 7.19. The number of rotatable bonds is 4. The van der Waals surface area contributed by atoms with Crippen molar-refractivity contribution >= 4 is 17.7 Å². The molecule has 0 fully saturated rings. The van der Waals surface area contributed by atoms with Gasteiger partial charge in [-0.05, 0) is 23.6 Å². The van der Waals surface area contributed by atoms with E-state index >= 15 is 0 Å². The second kappa shape index (κ2) is 5.15. The normalized spacial score (nSPS) is 9.40. The van der Waals surface area contributed by atoms with E-state index in [2.05, 4.69) is 18.5 Å². The molecule has 2 nitrogen and oxygen atoms in total. The van der Waals surface area contributed by atoms with Crippen LogP contribution in [0.1, 0.15) is 18.1 Å².